The number of fused-ring (bicyclic) bond motifs is 5. The molecular formula is C20H26O2. The lowest BCUT2D eigenvalue weighted by Gasteiger charge is -2.53. The van der Waals surface area contributed by atoms with E-state index < -0.39 is 0 Å². The maximum absolute atomic E-state index is 12.6. The van der Waals surface area contributed by atoms with Crippen molar-refractivity contribution in [2.45, 2.75) is 58.3 Å². The number of carbonyl (C=O) groups is 2. The average molecular weight is 298 g/mol. The van der Waals surface area contributed by atoms with Gasteiger partial charge in [-0.15, -0.1) is 0 Å². The molecule has 0 N–H and O–H groups in total. The molecule has 3 saturated carbocycles. The van der Waals surface area contributed by atoms with Crippen molar-refractivity contribution >= 4 is 11.6 Å². The Labute approximate surface area is 133 Å². The summed E-state index contributed by atoms with van der Waals surface area (Å²) in [5.41, 5.74) is 2.48. The van der Waals surface area contributed by atoms with Crippen LogP contribution >= 0.6 is 0 Å². The summed E-state index contributed by atoms with van der Waals surface area (Å²) < 4.78 is 0. The first-order chi connectivity index (χ1) is 10.6. The van der Waals surface area contributed by atoms with Crippen LogP contribution in [0.1, 0.15) is 58.3 Å². The molecule has 0 bridgehead atoms. The quantitative estimate of drug-likeness (QED) is 0.678. The highest BCUT2D eigenvalue weighted by Crippen LogP contribution is 2.62. The Morgan fingerprint density at radius 3 is 2.77 bits per heavy atom. The Morgan fingerprint density at radius 1 is 1.18 bits per heavy atom. The summed E-state index contributed by atoms with van der Waals surface area (Å²) in [5, 5.41) is 0. The SMILES string of the molecule is C=C1CC(=O)C=C2CC[C@@H]3[C@H](CC[C@]4(CC)C(=O)CC[C@@H]34)[C@@H]12. The molecule has 0 aliphatic heterocycles. The van der Waals surface area contributed by atoms with Gasteiger partial charge in [0, 0.05) is 24.2 Å². The van der Waals surface area contributed by atoms with Crippen LogP contribution in [-0.2, 0) is 9.59 Å². The molecule has 118 valence electrons. The van der Waals surface area contributed by atoms with Crippen LogP contribution in [0.5, 0.6) is 0 Å². The number of hydrogen-bond donors (Lipinski definition) is 0. The van der Waals surface area contributed by atoms with Gasteiger partial charge in [0.05, 0.1) is 0 Å². The van der Waals surface area contributed by atoms with Gasteiger partial charge in [-0.05, 0) is 62.4 Å². The predicted octanol–water partition coefficient (Wildman–Crippen LogP) is 4.25. The lowest BCUT2D eigenvalue weighted by molar-refractivity contribution is -0.132. The van der Waals surface area contributed by atoms with E-state index in [-0.39, 0.29) is 11.2 Å². The Hall–Kier alpha value is -1.18. The fourth-order valence-corrected chi connectivity index (χ4v) is 6.45. The van der Waals surface area contributed by atoms with Crippen LogP contribution in [0.3, 0.4) is 0 Å². The van der Waals surface area contributed by atoms with E-state index in [4.69, 9.17) is 0 Å². The smallest absolute Gasteiger partial charge is 0.159 e. The zero-order chi connectivity index (χ0) is 15.5. The highest BCUT2D eigenvalue weighted by Gasteiger charge is 2.57. The van der Waals surface area contributed by atoms with Gasteiger partial charge in [-0.25, -0.2) is 0 Å². The molecule has 0 saturated heterocycles. The molecule has 2 heteroatoms. The van der Waals surface area contributed by atoms with E-state index >= 15 is 0 Å². The minimum absolute atomic E-state index is 0.00575. The molecule has 4 rings (SSSR count). The van der Waals surface area contributed by atoms with Crippen molar-refractivity contribution in [1.82, 2.24) is 0 Å². The van der Waals surface area contributed by atoms with E-state index in [1.54, 1.807) is 0 Å². The number of carbonyl (C=O) groups excluding carboxylic acids is 2. The molecule has 22 heavy (non-hydrogen) atoms. The van der Waals surface area contributed by atoms with E-state index in [2.05, 4.69) is 13.5 Å². The topological polar surface area (TPSA) is 34.1 Å². The van der Waals surface area contributed by atoms with Crippen molar-refractivity contribution in [2.24, 2.45) is 29.1 Å². The molecule has 0 heterocycles. The molecule has 0 aromatic carbocycles. The number of rotatable bonds is 1. The van der Waals surface area contributed by atoms with Crippen LogP contribution in [0.4, 0.5) is 0 Å². The van der Waals surface area contributed by atoms with Gasteiger partial charge in [0.1, 0.15) is 5.78 Å². The van der Waals surface area contributed by atoms with Gasteiger partial charge in [0.2, 0.25) is 0 Å². The Kier molecular flexibility index (Phi) is 3.22. The van der Waals surface area contributed by atoms with Gasteiger partial charge < -0.3 is 0 Å². The lowest BCUT2D eigenvalue weighted by atomic mass is 9.51. The van der Waals surface area contributed by atoms with Crippen molar-refractivity contribution in [2.75, 3.05) is 0 Å². The fourth-order valence-electron chi connectivity index (χ4n) is 6.45. The second-order valence-corrected chi connectivity index (χ2v) is 7.98. The Balaban J connectivity index is 1.69. The molecule has 4 aliphatic rings. The van der Waals surface area contributed by atoms with Crippen LogP contribution in [0.25, 0.3) is 0 Å². The maximum Gasteiger partial charge on any atom is 0.159 e. The molecule has 3 fully saturated rings. The van der Waals surface area contributed by atoms with Gasteiger partial charge in [-0.1, -0.05) is 24.6 Å². The molecule has 0 unspecified atom stereocenters. The summed E-state index contributed by atoms with van der Waals surface area (Å²) in [5.74, 6) is 3.11. The average Bonchev–Trinajstić information content (AvgIpc) is 2.84. The molecule has 2 nitrogen and oxygen atoms in total. The lowest BCUT2D eigenvalue weighted by Crippen LogP contribution is -2.48. The van der Waals surface area contributed by atoms with Crippen LogP contribution in [0.15, 0.2) is 23.8 Å². The molecule has 0 aromatic heterocycles. The van der Waals surface area contributed by atoms with Crippen LogP contribution < -0.4 is 0 Å². The first kappa shape index (κ1) is 14.4. The van der Waals surface area contributed by atoms with E-state index in [1.807, 2.05) is 6.08 Å². The number of ketones is 2. The van der Waals surface area contributed by atoms with Gasteiger partial charge in [-0.2, -0.15) is 0 Å². The summed E-state index contributed by atoms with van der Waals surface area (Å²) in [6, 6.07) is 0. The largest absolute Gasteiger partial charge is 0.299 e. The van der Waals surface area contributed by atoms with Gasteiger partial charge in [0.25, 0.3) is 0 Å². The van der Waals surface area contributed by atoms with Crippen molar-refractivity contribution in [3.63, 3.8) is 0 Å². The second kappa shape index (κ2) is 4.91. The molecule has 5 atom stereocenters. The van der Waals surface area contributed by atoms with Crippen molar-refractivity contribution in [1.29, 1.82) is 0 Å². The molecule has 0 amide bonds. The monoisotopic (exact) mass is 298 g/mol. The highest BCUT2D eigenvalue weighted by molar-refractivity contribution is 5.94. The molecule has 0 spiro atoms. The third-order valence-corrected chi connectivity index (χ3v) is 7.35. The summed E-state index contributed by atoms with van der Waals surface area (Å²) in [6.45, 7) is 6.46. The van der Waals surface area contributed by atoms with E-state index in [0.29, 0.717) is 35.9 Å². The molecule has 0 aromatic rings. The van der Waals surface area contributed by atoms with Crippen LogP contribution in [-0.4, -0.2) is 11.6 Å². The first-order valence-electron chi connectivity index (χ1n) is 9.01. The highest BCUT2D eigenvalue weighted by atomic mass is 16.1. The third kappa shape index (κ3) is 1.79. The number of allylic oxidation sites excluding steroid dienone is 2. The zero-order valence-corrected chi connectivity index (χ0v) is 13.6. The summed E-state index contributed by atoms with van der Waals surface area (Å²) in [6.07, 6.45) is 9.81. The minimum atomic E-state index is -0.00575. The van der Waals surface area contributed by atoms with E-state index in [9.17, 15) is 9.59 Å². The van der Waals surface area contributed by atoms with Crippen LogP contribution in [0.2, 0.25) is 0 Å². The molecule has 4 aliphatic carbocycles. The normalized spacial score (nSPS) is 44.2. The fraction of sp³-hybridized carbons (Fsp3) is 0.700. The van der Waals surface area contributed by atoms with E-state index in [1.165, 1.54) is 12.0 Å². The van der Waals surface area contributed by atoms with Gasteiger partial charge in [-0.3, -0.25) is 9.59 Å². The Morgan fingerprint density at radius 2 is 2.00 bits per heavy atom. The Bertz CT molecular complexity index is 585. The number of hydrogen-bond acceptors (Lipinski definition) is 2. The van der Waals surface area contributed by atoms with E-state index in [0.717, 1.165) is 44.1 Å². The van der Waals surface area contributed by atoms with Crippen molar-refractivity contribution in [3.05, 3.63) is 23.8 Å². The maximum atomic E-state index is 12.6. The van der Waals surface area contributed by atoms with Gasteiger partial charge in [0.15, 0.2) is 5.78 Å². The van der Waals surface area contributed by atoms with Gasteiger partial charge >= 0.3 is 0 Å². The molecular weight excluding hydrogens is 272 g/mol. The summed E-state index contributed by atoms with van der Waals surface area (Å²) in [7, 11) is 0. The van der Waals surface area contributed by atoms with Crippen molar-refractivity contribution in [3.8, 4) is 0 Å². The first-order valence-corrected chi connectivity index (χ1v) is 9.01. The second-order valence-electron chi connectivity index (χ2n) is 7.98. The minimum Gasteiger partial charge on any atom is -0.299 e. The van der Waals surface area contributed by atoms with Crippen molar-refractivity contribution < 1.29 is 9.59 Å². The number of Topliss-reactive ketones (excluding diaryl/α,β-unsaturated/α-hetero) is 1. The van der Waals surface area contributed by atoms with Crippen LogP contribution in [0, 0.1) is 29.1 Å². The molecule has 0 radical (unpaired) electrons. The third-order valence-electron chi connectivity index (χ3n) is 7.35. The summed E-state index contributed by atoms with van der Waals surface area (Å²) in [4.78, 5) is 24.4. The summed E-state index contributed by atoms with van der Waals surface area (Å²) >= 11 is 0. The standard InChI is InChI=1S/C20H26O2/c1-3-20-9-8-16-15(17(20)6-7-18(20)22)5-4-13-11-14(21)10-12(2)19(13)16/h11,15-17,19H,2-10H2,1H3/t15-,16+,17+,19+,20+/m1/s1. The predicted molar refractivity (Wildman–Crippen MR) is 86.2 cm³/mol. The zero-order valence-electron chi connectivity index (χ0n) is 13.6.